The molecule has 21 heavy (non-hydrogen) atoms. The fourth-order valence-electron chi connectivity index (χ4n) is 2.60. The molecule has 8 heteroatoms. The number of halogens is 1. The van der Waals surface area contributed by atoms with E-state index in [1.54, 1.807) is 12.3 Å². The zero-order chi connectivity index (χ0) is 14.5. The molecule has 1 amide bonds. The van der Waals surface area contributed by atoms with Crippen LogP contribution >= 0.6 is 12.4 Å². The van der Waals surface area contributed by atoms with Crippen molar-refractivity contribution in [2.75, 3.05) is 19.0 Å². The first-order valence-corrected chi connectivity index (χ1v) is 6.75. The number of nitrogens with two attached hydrogens (primary N) is 1. The Hall–Kier alpha value is -1.60. The van der Waals surface area contributed by atoms with Crippen molar-refractivity contribution in [1.29, 1.82) is 0 Å². The molecule has 7 nitrogen and oxygen atoms in total. The van der Waals surface area contributed by atoms with Gasteiger partial charge in [-0.25, -0.2) is 0 Å². The smallest absolute Gasteiger partial charge is 0.327 e. The molecule has 0 aliphatic heterocycles. The van der Waals surface area contributed by atoms with Gasteiger partial charge in [0.1, 0.15) is 6.54 Å². The summed E-state index contributed by atoms with van der Waals surface area (Å²) in [6, 6.07) is 1.66. The summed E-state index contributed by atoms with van der Waals surface area (Å²) in [5, 5.41) is 6.89. The Morgan fingerprint density at radius 3 is 2.95 bits per heavy atom. The van der Waals surface area contributed by atoms with Gasteiger partial charge in [0.05, 0.1) is 7.11 Å². The van der Waals surface area contributed by atoms with Gasteiger partial charge in [-0.15, -0.1) is 12.4 Å². The van der Waals surface area contributed by atoms with Crippen molar-refractivity contribution >= 4 is 30.1 Å². The van der Waals surface area contributed by atoms with Crippen molar-refractivity contribution in [1.82, 2.24) is 9.78 Å². The van der Waals surface area contributed by atoms with Crippen LogP contribution in [0.2, 0.25) is 0 Å². The van der Waals surface area contributed by atoms with E-state index in [2.05, 4.69) is 15.2 Å². The number of rotatable bonds is 5. The van der Waals surface area contributed by atoms with Gasteiger partial charge in [-0.05, 0) is 25.3 Å². The minimum atomic E-state index is -0.384. The van der Waals surface area contributed by atoms with E-state index in [4.69, 9.17) is 5.73 Å². The van der Waals surface area contributed by atoms with E-state index in [1.165, 1.54) is 11.8 Å². The summed E-state index contributed by atoms with van der Waals surface area (Å²) in [6.45, 7) is 0.566. The molecule has 0 saturated heterocycles. The number of esters is 1. The van der Waals surface area contributed by atoms with Crippen LogP contribution in [0.1, 0.15) is 19.3 Å². The first-order chi connectivity index (χ1) is 9.63. The molecule has 0 aromatic carbocycles. The van der Waals surface area contributed by atoms with Crippen molar-refractivity contribution < 1.29 is 14.3 Å². The molecule has 1 aromatic heterocycles. The predicted molar refractivity (Wildman–Crippen MR) is 80.0 cm³/mol. The van der Waals surface area contributed by atoms with Crippen LogP contribution in [-0.2, 0) is 20.9 Å². The molecule has 118 valence electrons. The normalized spacial score (nSPS) is 20.7. The third-order valence-corrected chi connectivity index (χ3v) is 3.71. The molecule has 1 aromatic rings. The average molecular weight is 317 g/mol. The predicted octanol–water partition coefficient (Wildman–Crippen LogP) is 0.791. The highest BCUT2D eigenvalue weighted by Gasteiger charge is 2.32. The van der Waals surface area contributed by atoms with E-state index in [0.717, 1.165) is 19.3 Å². The minimum Gasteiger partial charge on any atom is -0.468 e. The van der Waals surface area contributed by atoms with Crippen molar-refractivity contribution in [2.24, 2.45) is 17.6 Å². The standard InChI is InChI=1S/C13H20N4O3.ClH/c1-20-12(18)8-17-6-5-11(16-17)15-13(19)10-4-2-3-9(10)7-14;/h5-6,9-10H,2-4,7-8,14H2,1H3,(H,15,16,19);1H/t9-,10-;/m1./s1. The number of nitrogens with zero attached hydrogens (tertiary/aromatic N) is 2. The zero-order valence-electron chi connectivity index (χ0n) is 11.9. The van der Waals surface area contributed by atoms with Crippen molar-refractivity contribution in [2.45, 2.75) is 25.8 Å². The number of nitrogens with one attached hydrogen (secondary N) is 1. The lowest BCUT2D eigenvalue weighted by Crippen LogP contribution is -2.30. The highest BCUT2D eigenvalue weighted by Crippen LogP contribution is 2.31. The molecule has 2 rings (SSSR count). The first-order valence-electron chi connectivity index (χ1n) is 6.75. The fraction of sp³-hybridized carbons (Fsp3) is 0.615. The molecule has 1 aliphatic rings. The molecule has 0 bridgehead atoms. The van der Waals surface area contributed by atoms with Gasteiger partial charge in [0.15, 0.2) is 5.82 Å². The van der Waals surface area contributed by atoms with Crippen LogP contribution in [0.4, 0.5) is 5.82 Å². The quantitative estimate of drug-likeness (QED) is 0.782. The topological polar surface area (TPSA) is 99.2 Å². The fourth-order valence-corrected chi connectivity index (χ4v) is 2.60. The Morgan fingerprint density at radius 1 is 1.52 bits per heavy atom. The highest BCUT2D eigenvalue weighted by molar-refractivity contribution is 5.92. The second-order valence-corrected chi connectivity index (χ2v) is 5.00. The van der Waals surface area contributed by atoms with Gasteiger partial charge in [0.2, 0.25) is 5.91 Å². The molecule has 2 atom stereocenters. The number of methoxy groups -OCH3 is 1. The Morgan fingerprint density at radius 2 is 2.29 bits per heavy atom. The molecular weight excluding hydrogens is 296 g/mol. The number of carbonyl (C=O) groups is 2. The summed E-state index contributed by atoms with van der Waals surface area (Å²) in [4.78, 5) is 23.3. The number of anilines is 1. The lowest BCUT2D eigenvalue weighted by atomic mass is 9.95. The van der Waals surface area contributed by atoms with Gasteiger partial charge in [-0.3, -0.25) is 14.3 Å². The van der Waals surface area contributed by atoms with Crippen LogP contribution in [0, 0.1) is 11.8 Å². The van der Waals surface area contributed by atoms with E-state index < -0.39 is 0 Å². The number of amides is 1. The summed E-state index contributed by atoms with van der Waals surface area (Å²) >= 11 is 0. The van der Waals surface area contributed by atoms with E-state index in [9.17, 15) is 9.59 Å². The average Bonchev–Trinajstić information content (AvgIpc) is 3.07. The zero-order valence-corrected chi connectivity index (χ0v) is 12.8. The van der Waals surface area contributed by atoms with Crippen LogP contribution in [-0.4, -0.2) is 35.3 Å². The van der Waals surface area contributed by atoms with E-state index in [1.807, 2.05) is 0 Å². The molecule has 0 radical (unpaired) electrons. The van der Waals surface area contributed by atoms with Gasteiger partial charge in [-0.1, -0.05) is 6.42 Å². The molecule has 3 N–H and O–H groups in total. The highest BCUT2D eigenvalue weighted by atomic mass is 35.5. The van der Waals surface area contributed by atoms with Crippen LogP contribution in [0.3, 0.4) is 0 Å². The van der Waals surface area contributed by atoms with Crippen molar-refractivity contribution in [3.63, 3.8) is 0 Å². The van der Waals surface area contributed by atoms with E-state index in [0.29, 0.717) is 12.4 Å². The second kappa shape index (κ2) is 7.99. The minimum absolute atomic E-state index is 0. The Bertz CT molecular complexity index is 492. The van der Waals surface area contributed by atoms with Crippen LogP contribution in [0.5, 0.6) is 0 Å². The number of carbonyl (C=O) groups excluding carboxylic acids is 2. The Balaban J connectivity index is 0.00000220. The SMILES string of the molecule is COC(=O)Cn1ccc(NC(=O)[C@@H]2CCC[C@@H]2CN)n1.Cl. The summed E-state index contributed by atoms with van der Waals surface area (Å²) < 4.78 is 5.98. The van der Waals surface area contributed by atoms with Crippen LogP contribution < -0.4 is 11.1 Å². The maximum Gasteiger partial charge on any atom is 0.327 e. The molecular formula is C13H21ClN4O3. The maximum atomic E-state index is 12.2. The van der Waals surface area contributed by atoms with Crippen LogP contribution in [0.25, 0.3) is 0 Å². The number of hydrogen-bond acceptors (Lipinski definition) is 5. The van der Waals surface area contributed by atoms with Crippen molar-refractivity contribution in [3.05, 3.63) is 12.3 Å². The first kappa shape index (κ1) is 17.5. The van der Waals surface area contributed by atoms with Gasteiger partial charge in [-0.2, -0.15) is 5.10 Å². The molecule has 1 aliphatic carbocycles. The van der Waals surface area contributed by atoms with Gasteiger partial charge < -0.3 is 15.8 Å². The lowest BCUT2D eigenvalue weighted by molar-refractivity contribution is -0.141. The second-order valence-electron chi connectivity index (χ2n) is 5.00. The molecule has 0 unspecified atom stereocenters. The summed E-state index contributed by atoms with van der Waals surface area (Å²) in [6.07, 6.45) is 4.54. The van der Waals surface area contributed by atoms with Crippen LogP contribution in [0.15, 0.2) is 12.3 Å². The number of aromatic nitrogens is 2. The Labute approximate surface area is 129 Å². The third-order valence-electron chi connectivity index (χ3n) is 3.71. The van der Waals surface area contributed by atoms with Crippen molar-refractivity contribution in [3.8, 4) is 0 Å². The van der Waals surface area contributed by atoms with E-state index >= 15 is 0 Å². The maximum absolute atomic E-state index is 12.2. The summed E-state index contributed by atoms with van der Waals surface area (Å²) in [5.74, 6) is 0.241. The third kappa shape index (κ3) is 4.44. The largest absolute Gasteiger partial charge is 0.468 e. The molecule has 1 fully saturated rings. The molecule has 1 heterocycles. The van der Waals surface area contributed by atoms with Gasteiger partial charge in [0, 0.05) is 18.2 Å². The van der Waals surface area contributed by atoms with Gasteiger partial charge in [0.25, 0.3) is 0 Å². The molecule has 0 spiro atoms. The monoisotopic (exact) mass is 316 g/mol. The number of hydrogen-bond donors (Lipinski definition) is 2. The molecule has 1 saturated carbocycles. The number of ether oxygens (including phenoxy) is 1. The van der Waals surface area contributed by atoms with E-state index in [-0.39, 0.29) is 42.7 Å². The summed E-state index contributed by atoms with van der Waals surface area (Å²) in [5.41, 5.74) is 5.68. The summed E-state index contributed by atoms with van der Waals surface area (Å²) in [7, 11) is 1.32. The van der Waals surface area contributed by atoms with Gasteiger partial charge >= 0.3 is 5.97 Å². The Kier molecular flexibility index (Phi) is 6.64. The lowest BCUT2D eigenvalue weighted by Gasteiger charge is -2.16.